The summed E-state index contributed by atoms with van der Waals surface area (Å²) in [6.45, 7) is 0.916. The fourth-order valence-corrected chi connectivity index (χ4v) is 2.65. The van der Waals surface area contributed by atoms with E-state index in [4.69, 9.17) is 5.11 Å². The zero-order valence-corrected chi connectivity index (χ0v) is 10.7. The number of carbonyl (C=O) groups is 1. The maximum atomic E-state index is 10.6. The average Bonchev–Trinajstić information content (AvgIpc) is 2.52. The number of carboxylic acid groups (broad SMARTS) is 1. The van der Waals surface area contributed by atoms with E-state index in [1.807, 2.05) is 13.1 Å². The van der Waals surface area contributed by atoms with Gasteiger partial charge in [0.1, 0.15) is 0 Å². The van der Waals surface area contributed by atoms with E-state index in [1.54, 1.807) is 0 Å². The van der Waals surface area contributed by atoms with E-state index in [9.17, 15) is 4.79 Å². The lowest BCUT2D eigenvalue weighted by atomic mass is 9.96. The normalized spacial score (nSPS) is 18.6. The van der Waals surface area contributed by atoms with Gasteiger partial charge in [-0.1, -0.05) is 15.9 Å². The topological polar surface area (TPSA) is 40.5 Å². The van der Waals surface area contributed by atoms with Gasteiger partial charge in [0, 0.05) is 36.1 Å². The molecule has 0 saturated carbocycles. The third kappa shape index (κ3) is 2.21. The second-order valence-corrected chi connectivity index (χ2v) is 5.13. The van der Waals surface area contributed by atoms with Crippen LogP contribution < -0.4 is 4.90 Å². The molecule has 3 nitrogen and oxygen atoms in total. The SMILES string of the molecule is CN1CC(CCC(=O)O)c2cc(Br)ccc21. The maximum Gasteiger partial charge on any atom is 0.303 e. The maximum absolute atomic E-state index is 10.6. The molecule has 0 bridgehead atoms. The second-order valence-electron chi connectivity index (χ2n) is 4.21. The highest BCUT2D eigenvalue weighted by Crippen LogP contribution is 2.39. The zero-order valence-electron chi connectivity index (χ0n) is 9.11. The monoisotopic (exact) mass is 283 g/mol. The molecule has 0 spiro atoms. The van der Waals surface area contributed by atoms with Crippen LogP contribution in [0, 0.1) is 0 Å². The predicted molar refractivity (Wildman–Crippen MR) is 67.0 cm³/mol. The van der Waals surface area contributed by atoms with Crippen molar-refractivity contribution in [3.63, 3.8) is 0 Å². The Morgan fingerprint density at radius 1 is 1.62 bits per heavy atom. The van der Waals surface area contributed by atoms with Crippen LogP contribution in [0.4, 0.5) is 5.69 Å². The molecule has 1 atom stereocenters. The van der Waals surface area contributed by atoms with Gasteiger partial charge in [-0.15, -0.1) is 0 Å². The summed E-state index contributed by atoms with van der Waals surface area (Å²) in [5, 5.41) is 8.72. The van der Waals surface area contributed by atoms with Gasteiger partial charge >= 0.3 is 5.97 Å². The third-order valence-electron chi connectivity index (χ3n) is 3.04. The molecule has 0 saturated heterocycles. The van der Waals surface area contributed by atoms with Crippen LogP contribution in [-0.2, 0) is 4.79 Å². The molecule has 86 valence electrons. The highest BCUT2D eigenvalue weighted by molar-refractivity contribution is 9.10. The molecule has 1 aromatic rings. The number of nitrogens with zero attached hydrogens (tertiary/aromatic N) is 1. The van der Waals surface area contributed by atoms with Crippen molar-refractivity contribution in [1.29, 1.82) is 0 Å². The highest BCUT2D eigenvalue weighted by atomic mass is 79.9. The van der Waals surface area contributed by atoms with E-state index in [-0.39, 0.29) is 6.42 Å². The number of halogens is 1. The van der Waals surface area contributed by atoms with E-state index in [1.165, 1.54) is 11.3 Å². The van der Waals surface area contributed by atoms with E-state index in [0.29, 0.717) is 12.3 Å². The van der Waals surface area contributed by atoms with Crippen LogP contribution in [0.5, 0.6) is 0 Å². The van der Waals surface area contributed by atoms with Gasteiger partial charge in [-0.05, 0) is 30.2 Å². The number of likely N-dealkylation sites (N-methyl/N-ethyl adjacent to an activating group) is 1. The summed E-state index contributed by atoms with van der Waals surface area (Å²) in [7, 11) is 2.05. The molecule has 0 amide bonds. The van der Waals surface area contributed by atoms with E-state index in [0.717, 1.165) is 11.0 Å². The molecular weight excluding hydrogens is 270 g/mol. The number of hydrogen-bond donors (Lipinski definition) is 1. The number of benzene rings is 1. The molecule has 1 unspecified atom stereocenters. The van der Waals surface area contributed by atoms with Crippen LogP contribution >= 0.6 is 15.9 Å². The molecule has 1 heterocycles. The van der Waals surface area contributed by atoms with Crippen LogP contribution in [0.1, 0.15) is 24.3 Å². The molecule has 1 N–H and O–H groups in total. The molecule has 4 heteroatoms. The fourth-order valence-electron chi connectivity index (χ4n) is 2.27. The lowest BCUT2D eigenvalue weighted by Crippen LogP contribution is -2.15. The lowest BCUT2D eigenvalue weighted by Gasteiger charge is -2.11. The zero-order chi connectivity index (χ0) is 11.7. The largest absolute Gasteiger partial charge is 0.481 e. The number of anilines is 1. The smallest absolute Gasteiger partial charge is 0.303 e. The van der Waals surface area contributed by atoms with Gasteiger partial charge in [0.05, 0.1) is 0 Å². The Kier molecular flexibility index (Phi) is 3.19. The summed E-state index contributed by atoms with van der Waals surface area (Å²) in [6, 6.07) is 6.21. The van der Waals surface area contributed by atoms with Gasteiger partial charge < -0.3 is 10.0 Å². The van der Waals surface area contributed by atoms with Gasteiger partial charge in [0.15, 0.2) is 0 Å². The number of hydrogen-bond acceptors (Lipinski definition) is 2. The van der Waals surface area contributed by atoms with Crippen LogP contribution in [0.25, 0.3) is 0 Å². The van der Waals surface area contributed by atoms with E-state index >= 15 is 0 Å². The van der Waals surface area contributed by atoms with Crippen LogP contribution in [0.15, 0.2) is 22.7 Å². The summed E-state index contributed by atoms with van der Waals surface area (Å²) in [6.07, 6.45) is 0.952. The van der Waals surface area contributed by atoms with Gasteiger partial charge in [0.2, 0.25) is 0 Å². The molecule has 0 aromatic heterocycles. The van der Waals surface area contributed by atoms with Crippen molar-refractivity contribution in [2.24, 2.45) is 0 Å². The quantitative estimate of drug-likeness (QED) is 0.927. The van der Waals surface area contributed by atoms with Gasteiger partial charge in [0.25, 0.3) is 0 Å². The first kappa shape index (κ1) is 11.5. The summed E-state index contributed by atoms with van der Waals surface area (Å²) < 4.78 is 1.06. The van der Waals surface area contributed by atoms with Crippen molar-refractivity contribution >= 4 is 27.6 Å². The number of fused-ring (bicyclic) bond motifs is 1. The van der Waals surface area contributed by atoms with Crippen LogP contribution in [-0.4, -0.2) is 24.7 Å². The number of aliphatic carboxylic acids is 1. The standard InChI is InChI=1S/C12H14BrNO2/c1-14-7-8(2-5-12(15)16)10-6-9(13)3-4-11(10)14/h3-4,6,8H,2,5,7H2,1H3,(H,15,16). The van der Waals surface area contributed by atoms with Crippen LogP contribution in [0.3, 0.4) is 0 Å². The number of rotatable bonds is 3. The molecule has 0 aliphatic carbocycles. The van der Waals surface area contributed by atoms with Crippen molar-refractivity contribution in [1.82, 2.24) is 0 Å². The lowest BCUT2D eigenvalue weighted by molar-refractivity contribution is -0.137. The minimum atomic E-state index is -0.717. The number of carboxylic acids is 1. The van der Waals surface area contributed by atoms with E-state index in [2.05, 4.69) is 33.0 Å². The fraction of sp³-hybridized carbons (Fsp3) is 0.417. The van der Waals surface area contributed by atoms with Crippen molar-refractivity contribution in [2.75, 3.05) is 18.5 Å². The molecule has 1 aromatic carbocycles. The van der Waals surface area contributed by atoms with Crippen molar-refractivity contribution in [2.45, 2.75) is 18.8 Å². The molecule has 0 fully saturated rings. The Labute approximate surface area is 103 Å². The summed E-state index contributed by atoms with van der Waals surface area (Å²) >= 11 is 3.46. The minimum absolute atomic E-state index is 0.241. The Bertz CT molecular complexity index is 419. The Morgan fingerprint density at radius 2 is 2.38 bits per heavy atom. The molecule has 2 rings (SSSR count). The summed E-state index contributed by atoms with van der Waals surface area (Å²) in [5.41, 5.74) is 2.48. The van der Waals surface area contributed by atoms with Gasteiger partial charge in [-0.25, -0.2) is 0 Å². The highest BCUT2D eigenvalue weighted by Gasteiger charge is 2.26. The molecule has 1 aliphatic heterocycles. The Morgan fingerprint density at radius 3 is 3.06 bits per heavy atom. The van der Waals surface area contributed by atoms with Crippen molar-refractivity contribution in [3.8, 4) is 0 Å². The summed E-state index contributed by atoms with van der Waals surface area (Å²) in [5.74, 6) is -0.375. The van der Waals surface area contributed by atoms with E-state index < -0.39 is 5.97 Å². The molecule has 16 heavy (non-hydrogen) atoms. The first-order valence-electron chi connectivity index (χ1n) is 5.30. The van der Waals surface area contributed by atoms with Crippen molar-refractivity contribution < 1.29 is 9.90 Å². The Balaban J connectivity index is 2.20. The van der Waals surface area contributed by atoms with Gasteiger partial charge in [-0.2, -0.15) is 0 Å². The first-order chi connectivity index (χ1) is 7.58. The van der Waals surface area contributed by atoms with Gasteiger partial charge in [-0.3, -0.25) is 4.79 Å². The average molecular weight is 284 g/mol. The Hall–Kier alpha value is -1.03. The minimum Gasteiger partial charge on any atom is -0.481 e. The summed E-state index contributed by atoms with van der Waals surface area (Å²) in [4.78, 5) is 12.8. The molecular formula is C12H14BrNO2. The predicted octanol–water partition coefficient (Wildman–Crippen LogP) is 2.85. The molecule has 1 aliphatic rings. The second kappa shape index (κ2) is 4.45. The molecule has 0 radical (unpaired) electrons. The third-order valence-corrected chi connectivity index (χ3v) is 3.53. The van der Waals surface area contributed by atoms with Crippen molar-refractivity contribution in [3.05, 3.63) is 28.2 Å². The van der Waals surface area contributed by atoms with Crippen LogP contribution in [0.2, 0.25) is 0 Å². The first-order valence-corrected chi connectivity index (χ1v) is 6.09.